The van der Waals surface area contributed by atoms with E-state index in [0.29, 0.717) is 48.9 Å². The standard InChI is InChI=1S/C20H25N3O4/c1-3-27-18-11-13(7-8-17(18)26-2)16(9-10-22-25)23-12-14-5-4-6-15(21)19(14)20(23)24/h4-8,11,16,22,25H,3,9-10,12,21H2,1-2H3. The fraction of sp³-hybridized carbons (Fsp3) is 0.350. The van der Waals surface area contributed by atoms with E-state index in [4.69, 9.17) is 20.4 Å². The van der Waals surface area contributed by atoms with E-state index in [-0.39, 0.29) is 11.9 Å². The number of benzene rings is 2. The summed E-state index contributed by atoms with van der Waals surface area (Å²) < 4.78 is 11.0. The molecule has 0 saturated heterocycles. The molecular formula is C20H25N3O4. The lowest BCUT2D eigenvalue weighted by atomic mass is 10.0. The fourth-order valence-electron chi connectivity index (χ4n) is 3.54. The predicted octanol–water partition coefficient (Wildman–Crippen LogP) is 2.74. The van der Waals surface area contributed by atoms with E-state index >= 15 is 0 Å². The Bertz CT molecular complexity index is 825. The van der Waals surface area contributed by atoms with Crippen LogP contribution in [0.4, 0.5) is 5.69 Å². The summed E-state index contributed by atoms with van der Waals surface area (Å²) in [5.74, 6) is 1.17. The van der Waals surface area contributed by atoms with Crippen molar-refractivity contribution < 1.29 is 19.5 Å². The van der Waals surface area contributed by atoms with Gasteiger partial charge in [-0.05, 0) is 42.7 Å². The first-order valence-corrected chi connectivity index (χ1v) is 8.96. The Hall–Kier alpha value is -2.77. The normalized spacial score (nSPS) is 14.2. The molecule has 7 nitrogen and oxygen atoms in total. The minimum absolute atomic E-state index is 0.0974. The third kappa shape index (κ3) is 3.70. The van der Waals surface area contributed by atoms with Crippen LogP contribution in [0.5, 0.6) is 11.5 Å². The van der Waals surface area contributed by atoms with Gasteiger partial charge in [0.1, 0.15) is 0 Å². The molecule has 0 aromatic heterocycles. The number of hydrogen-bond acceptors (Lipinski definition) is 6. The third-order valence-electron chi connectivity index (χ3n) is 4.78. The average molecular weight is 371 g/mol. The number of carbonyl (C=O) groups excluding carboxylic acids is 1. The molecule has 1 aliphatic heterocycles. The molecule has 4 N–H and O–H groups in total. The molecule has 0 spiro atoms. The SMILES string of the molecule is CCOc1cc(C(CCNO)N2Cc3cccc(N)c3C2=O)ccc1OC. The highest BCUT2D eigenvalue weighted by atomic mass is 16.5. The number of anilines is 1. The van der Waals surface area contributed by atoms with Gasteiger partial charge < -0.3 is 25.3 Å². The number of carbonyl (C=O) groups is 1. The van der Waals surface area contributed by atoms with Gasteiger partial charge in [0.2, 0.25) is 0 Å². The van der Waals surface area contributed by atoms with Crippen LogP contribution in [-0.4, -0.2) is 36.3 Å². The van der Waals surface area contributed by atoms with Crippen molar-refractivity contribution in [3.05, 3.63) is 53.1 Å². The topological polar surface area (TPSA) is 97.0 Å². The summed E-state index contributed by atoms with van der Waals surface area (Å²) in [5.41, 5.74) is 11.1. The maximum atomic E-state index is 13.0. The lowest BCUT2D eigenvalue weighted by molar-refractivity contribution is 0.0671. The number of rotatable bonds is 8. The molecule has 0 radical (unpaired) electrons. The van der Waals surface area contributed by atoms with E-state index in [0.717, 1.165) is 11.1 Å². The van der Waals surface area contributed by atoms with Crippen LogP contribution in [0.15, 0.2) is 36.4 Å². The minimum atomic E-state index is -0.242. The van der Waals surface area contributed by atoms with Crippen LogP contribution in [0.2, 0.25) is 0 Å². The van der Waals surface area contributed by atoms with Crippen molar-refractivity contribution in [2.24, 2.45) is 0 Å². The van der Waals surface area contributed by atoms with E-state index in [2.05, 4.69) is 5.48 Å². The van der Waals surface area contributed by atoms with Gasteiger partial charge in [0.05, 0.1) is 25.3 Å². The second kappa shape index (κ2) is 8.28. The van der Waals surface area contributed by atoms with Crippen LogP contribution in [0, 0.1) is 0 Å². The van der Waals surface area contributed by atoms with Crippen molar-refractivity contribution in [3.63, 3.8) is 0 Å². The Morgan fingerprint density at radius 3 is 2.78 bits per heavy atom. The number of nitrogens with two attached hydrogens (primary N) is 1. The number of hydrogen-bond donors (Lipinski definition) is 3. The van der Waals surface area contributed by atoms with Gasteiger partial charge in [0.25, 0.3) is 5.91 Å². The number of hydroxylamine groups is 1. The van der Waals surface area contributed by atoms with Crippen LogP contribution < -0.4 is 20.7 Å². The second-order valence-corrected chi connectivity index (χ2v) is 6.37. The Morgan fingerprint density at radius 2 is 2.11 bits per heavy atom. The Morgan fingerprint density at radius 1 is 1.30 bits per heavy atom. The zero-order valence-corrected chi connectivity index (χ0v) is 15.6. The maximum Gasteiger partial charge on any atom is 0.257 e. The first kappa shape index (κ1) is 19.0. The second-order valence-electron chi connectivity index (χ2n) is 6.37. The molecule has 1 heterocycles. The zero-order valence-electron chi connectivity index (χ0n) is 15.6. The van der Waals surface area contributed by atoms with Gasteiger partial charge in [0, 0.05) is 18.8 Å². The largest absolute Gasteiger partial charge is 0.493 e. The van der Waals surface area contributed by atoms with Crippen molar-refractivity contribution in [3.8, 4) is 11.5 Å². The molecule has 27 heavy (non-hydrogen) atoms. The summed E-state index contributed by atoms with van der Waals surface area (Å²) in [5, 5.41) is 9.09. The highest BCUT2D eigenvalue weighted by Crippen LogP contribution is 2.38. The summed E-state index contributed by atoms with van der Waals surface area (Å²) >= 11 is 0. The molecule has 1 aliphatic rings. The van der Waals surface area contributed by atoms with E-state index < -0.39 is 0 Å². The van der Waals surface area contributed by atoms with E-state index in [9.17, 15) is 4.79 Å². The van der Waals surface area contributed by atoms with Crippen LogP contribution >= 0.6 is 0 Å². The summed E-state index contributed by atoms with van der Waals surface area (Å²) in [7, 11) is 1.59. The lowest BCUT2D eigenvalue weighted by Gasteiger charge is -2.29. The Kier molecular flexibility index (Phi) is 5.83. The molecule has 0 fully saturated rings. The Balaban J connectivity index is 1.97. The van der Waals surface area contributed by atoms with Gasteiger partial charge >= 0.3 is 0 Å². The molecule has 0 bridgehead atoms. The maximum absolute atomic E-state index is 13.0. The van der Waals surface area contributed by atoms with Crippen molar-refractivity contribution in [1.29, 1.82) is 0 Å². The Labute approximate surface area is 158 Å². The van der Waals surface area contributed by atoms with Gasteiger partial charge in [-0.25, -0.2) is 5.48 Å². The molecule has 0 saturated carbocycles. The van der Waals surface area contributed by atoms with Gasteiger partial charge in [0.15, 0.2) is 11.5 Å². The smallest absolute Gasteiger partial charge is 0.257 e. The number of methoxy groups -OCH3 is 1. The molecule has 2 aromatic rings. The molecular weight excluding hydrogens is 346 g/mol. The number of nitrogens with one attached hydrogen (secondary N) is 1. The van der Waals surface area contributed by atoms with Gasteiger partial charge in [-0.1, -0.05) is 18.2 Å². The van der Waals surface area contributed by atoms with Crippen LogP contribution in [0.3, 0.4) is 0 Å². The summed E-state index contributed by atoms with van der Waals surface area (Å²) in [4.78, 5) is 14.8. The fourth-order valence-corrected chi connectivity index (χ4v) is 3.54. The zero-order chi connectivity index (χ0) is 19.4. The molecule has 2 aromatic carbocycles. The lowest BCUT2D eigenvalue weighted by Crippen LogP contribution is -2.31. The molecule has 3 rings (SSSR count). The van der Waals surface area contributed by atoms with Crippen molar-refractivity contribution in [2.75, 3.05) is 26.0 Å². The van der Waals surface area contributed by atoms with Crippen LogP contribution in [0.1, 0.15) is 40.9 Å². The molecule has 0 aliphatic carbocycles. The number of nitrogen functional groups attached to an aromatic ring is 1. The monoisotopic (exact) mass is 371 g/mol. The first-order valence-electron chi connectivity index (χ1n) is 8.96. The molecule has 1 atom stereocenters. The predicted molar refractivity (Wildman–Crippen MR) is 102 cm³/mol. The molecule has 1 amide bonds. The van der Waals surface area contributed by atoms with Gasteiger partial charge in [-0.15, -0.1) is 0 Å². The highest BCUT2D eigenvalue weighted by molar-refractivity contribution is 6.03. The van der Waals surface area contributed by atoms with E-state index in [1.165, 1.54) is 0 Å². The molecule has 144 valence electrons. The van der Waals surface area contributed by atoms with Crippen LogP contribution in [-0.2, 0) is 6.54 Å². The molecule has 7 heteroatoms. The summed E-state index contributed by atoms with van der Waals surface area (Å²) in [6.45, 7) is 3.23. The van der Waals surface area contributed by atoms with Crippen molar-refractivity contribution in [1.82, 2.24) is 10.4 Å². The first-order chi connectivity index (χ1) is 13.1. The van der Waals surface area contributed by atoms with E-state index in [1.807, 2.05) is 37.3 Å². The highest BCUT2D eigenvalue weighted by Gasteiger charge is 2.34. The number of amides is 1. The van der Waals surface area contributed by atoms with E-state index in [1.54, 1.807) is 18.1 Å². The average Bonchev–Trinajstić information content (AvgIpc) is 3.00. The van der Waals surface area contributed by atoms with Gasteiger partial charge in [-0.2, -0.15) is 0 Å². The molecule has 1 unspecified atom stereocenters. The van der Waals surface area contributed by atoms with Crippen LogP contribution in [0.25, 0.3) is 0 Å². The number of nitrogens with zero attached hydrogens (tertiary/aromatic N) is 1. The van der Waals surface area contributed by atoms with Gasteiger partial charge in [-0.3, -0.25) is 4.79 Å². The minimum Gasteiger partial charge on any atom is -0.493 e. The third-order valence-corrected chi connectivity index (χ3v) is 4.78. The number of ether oxygens (including phenoxy) is 2. The van der Waals surface area contributed by atoms with Crippen molar-refractivity contribution >= 4 is 11.6 Å². The number of fused-ring (bicyclic) bond motifs is 1. The van der Waals surface area contributed by atoms with Crippen molar-refractivity contribution in [2.45, 2.75) is 25.9 Å². The summed E-state index contributed by atoms with van der Waals surface area (Å²) in [6.07, 6.45) is 0.536. The summed E-state index contributed by atoms with van der Waals surface area (Å²) in [6, 6.07) is 10.9. The quantitative estimate of drug-likeness (QED) is 0.488.